The lowest BCUT2D eigenvalue weighted by Gasteiger charge is -2.23. The fourth-order valence-corrected chi connectivity index (χ4v) is 2.65. The zero-order chi connectivity index (χ0) is 13.8. The fourth-order valence-electron chi connectivity index (χ4n) is 2.65. The molecule has 20 heavy (non-hydrogen) atoms. The summed E-state index contributed by atoms with van der Waals surface area (Å²) >= 11 is 0. The van der Waals surface area contributed by atoms with Crippen LogP contribution in [-0.2, 0) is 9.47 Å². The van der Waals surface area contributed by atoms with Crippen LogP contribution >= 0.6 is 0 Å². The van der Waals surface area contributed by atoms with Crippen LogP contribution in [0.25, 0.3) is 16.3 Å². The molecule has 1 fully saturated rings. The maximum absolute atomic E-state index is 5.83. The van der Waals surface area contributed by atoms with Gasteiger partial charge >= 0.3 is 0 Å². The summed E-state index contributed by atoms with van der Waals surface area (Å²) in [7, 11) is 0. The van der Waals surface area contributed by atoms with Gasteiger partial charge in [0.1, 0.15) is 0 Å². The van der Waals surface area contributed by atoms with E-state index in [9.17, 15) is 0 Å². The summed E-state index contributed by atoms with van der Waals surface area (Å²) in [6.07, 6.45) is 3.26. The van der Waals surface area contributed by atoms with Gasteiger partial charge in [-0.2, -0.15) is 0 Å². The van der Waals surface area contributed by atoms with Crippen LogP contribution in [0.3, 0.4) is 0 Å². The first-order valence-corrected chi connectivity index (χ1v) is 7.24. The highest BCUT2D eigenvalue weighted by atomic mass is 16.7. The van der Waals surface area contributed by atoms with E-state index in [1.165, 1.54) is 22.8 Å². The molecule has 1 saturated heterocycles. The number of benzene rings is 2. The van der Waals surface area contributed by atoms with Crippen LogP contribution in [0.2, 0.25) is 0 Å². The number of hydrogen-bond donors (Lipinski definition) is 0. The van der Waals surface area contributed by atoms with Gasteiger partial charge in [0.15, 0.2) is 6.29 Å². The number of fused-ring (bicyclic) bond motifs is 1. The van der Waals surface area contributed by atoms with Crippen molar-refractivity contribution in [3.8, 4) is 0 Å². The third-order valence-corrected chi connectivity index (χ3v) is 3.75. The summed E-state index contributed by atoms with van der Waals surface area (Å²) in [6.45, 7) is 5.52. The minimum atomic E-state index is -0.0597. The highest BCUT2D eigenvalue weighted by molar-refractivity contribution is 5.93. The topological polar surface area (TPSA) is 18.5 Å². The van der Waals surface area contributed by atoms with Gasteiger partial charge in [-0.15, -0.1) is 0 Å². The molecular formula is C18H20O2. The largest absolute Gasteiger partial charge is 0.353 e. The van der Waals surface area contributed by atoms with Crippen molar-refractivity contribution in [2.24, 2.45) is 0 Å². The Morgan fingerprint density at radius 2 is 2.00 bits per heavy atom. The van der Waals surface area contributed by atoms with Crippen LogP contribution in [0.4, 0.5) is 0 Å². The molecule has 0 radical (unpaired) electrons. The molecule has 0 saturated carbocycles. The second-order valence-corrected chi connectivity index (χ2v) is 5.24. The molecule has 0 N–H and O–H groups in total. The minimum Gasteiger partial charge on any atom is -0.353 e. The molecule has 0 spiro atoms. The third kappa shape index (κ3) is 2.92. The first-order chi connectivity index (χ1) is 9.84. The van der Waals surface area contributed by atoms with E-state index in [2.05, 4.69) is 49.0 Å². The van der Waals surface area contributed by atoms with Crippen molar-refractivity contribution in [3.05, 3.63) is 54.6 Å². The molecule has 104 valence electrons. The zero-order valence-electron chi connectivity index (χ0n) is 11.7. The van der Waals surface area contributed by atoms with E-state index in [-0.39, 0.29) is 6.29 Å². The highest BCUT2D eigenvalue weighted by Gasteiger charge is 2.15. The smallest absolute Gasteiger partial charge is 0.158 e. The quantitative estimate of drug-likeness (QED) is 0.818. The molecule has 0 aromatic heterocycles. The van der Waals surface area contributed by atoms with E-state index in [1.54, 1.807) is 0 Å². The van der Waals surface area contributed by atoms with Crippen LogP contribution in [0, 0.1) is 0 Å². The first kappa shape index (κ1) is 13.3. The summed E-state index contributed by atoms with van der Waals surface area (Å²) in [4.78, 5) is 0. The summed E-state index contributed by atoms with van der Waals surface area (Å²) in [5.41, 5.74) is 2.18. The van der Waals surface area contributed by atoms with Crippen LogP contribution < -0.4 is 0 Å². The predicted molar refractivity (Wildman–Crippen MR) is 82.5 cm³/mol. The molecule has 0 amide bonds. The highest BCUT2D eigenvalue weighted by Crippen LogP contribution is 2.25. The van der Waals surface area contributed by atoms with E-state index in [0.29, 0.717) is 6.61 Å². The van der Waals surface area contributed by atoms with Crippen molar-refractivity contribution < 1.29 is 9.47 Å². The van der Waals surface area contributed by atoms with Crippen molar-refractivity contribution >= 4 is 16.3 Å². The zero-order valence-corrected chi connectivity index (χ0v) is 11.7. The Morgan fingerprint density at radius 1 is 1.15 bits per heavy atom. The molecule has 2 aromatic carbocycles. The molecule has 2 nitrogen and oxygen atoms in total. The normalized spacial score (nSPS) is 19.1. The Morgan fingerprint density at radius 3 is 2.85 bits per heavy atom. The maximum Gasteiger partial charge on any atom is 0.158 e. The minimum absolute atomic E-state index is 0.0597. The van der Waals surface area contributed by atoms with E-state index in [0.717, 1.165) is 25.0 Å². The van der Waals surface area contributed by atoms with Gasteiger partial charge in [0.25, 0.3) is 0 Å². The SMILES string of the molecule is C=C(COC1CCCCO1)c1cccc2ccccc12. The Kier molecular flexibility index (Phi) is 4.14. The summed E-state index contributed by atoms with van der Waals surface area (Å²) < 4.78 is 11.4. The van der Waals surface area contributed by atoms with Crippen molar-refractivity contribution in [1.82, 2.24) is 0 Å². The van der Waals surface area contributed by atoms with E-state index >= 15 is 0 Å². The Balaban J connectivity index is 1.72. The van der Waals surface area contributed by atoms with Crippen molar-refractivity contribution in [3.63, 3.8) is 0 Å². The molecule has 0 aliphatic carbocycles. The van der Waals surface area contributed by atoms with Gasteiger partial charge < -0.3 is 9.47 Å². The molecule has 1 atom stereocenters. The van der Waals surface area contributed by atoms with Gasteiger partial charge in [-0.3, -0.25) is 0 Å². The van der Waals surface area contributed by atoms with Gasteiger partial charge in [0.2, 0.25) is 0 Å². The summed E-state index contributed by atoms with van der Waals surface area (Å²) in [5.74, 6) is 0. The fraction of sp³-hybridized carbons (Fsp3) is 0.333. The van der Waals surface area contributed by atoms with Crippen molar-refractivity contribution in [1.29, 1.82) is 0 Å². The summed E-state index contributed by atoms with van der Waals surface area (Å²) in [6, 6.07) is 14.7. The lowest BCUT2D eigenvalue weighted by Crippen LogP contribution is -2.22. The second kappa shape index (κ2) is 6.21. The Bertz CT molecular complexity index is 592. The molecule has 1 unspecified atom stereocenters. The van der Waals surface area contributed by atoms with Crippen molar-refractivity contribution in [2.45, 2.75) is 25.6 Å². The van der Waals surface area contributed by atoms with Gasteiger partial charge in [-0.05, 0) is 41.2 Å². The standard InChI is InChI=1S/C18H20O2/c1-14(13-20-18-11-4-5-12-19-18)16-10-6-8-15-7-2-3-9-17(15)16/h2-3,6-10,18H,1,4-5,11-13H2. The van der Waals surface area contributed by atoms with Gasteiger partial charge in [-0.25, -0.2) is 0 Å². The lowest BCUT2D eigenvalue weighted by atomic mass is 10.00. The monoisotopic (exact) mass is 268 g/mol. The molecular weight excluding hydrogens is 248 g/mol. The molecule has 3 rings (SSSR count). The molecule has 0 bridgehead atoms. The average Bonchev–Trinajstić information content (AvgIpc) is 2.53. The van der Waals surface area contributed by atoms with Crippen LogP contribution in [0.1, 0.15) is 24.8 Å². The van der Waals surface area contributed by atoms with E-state index in [4.69, 9.17) is 9.47 Å². The lowest BCUT2D eigenvalue weighted by molar-refractivity contribution is -0.154. The molecule has 1 aliphatic rings. The van der Waals surface area contributed by atoms with E-state index in [1.807, 2.05) is 0 Å². The van der Waals surface area contributed by atoms with Crippen LogP contribution in [-0.4, -0.2) is 19.5 Å². The second-order valence-electron chi connectivity index (χ2n) is 5.24. The van der Waals surface area contributed by atoms with Gasteiger partial charge in [-0.1, -0.05) is 49.0 Å². The molecule has 2 heteroatoms. The molecule has 1 aliphatic heterocycles. The average molecular weight is 268 g/mol. The maximum atomic E-state index is 5.83. The molecule has 1 heterocycles. The first-order valence-electron chi connectivity index (χ1n) is 7.24. The third-order valence-electron chi connectivity index (χ3n) is 3.75. The van der Waals surface area contributed by atoms with Crippen molar-refractivity contribution in [2.75, 3.05) is 13.2 Å². The van der Waals surface area contributed by atoms with Gasteiger partial charge in [0.05, 0.1) is 6.61 Å². The number of rotatable bonds is 4. The Labute approximate surface area is 120 Å². The molecule has 2 aromatic rings. The van der Waals surface area contributed by atoms with E-state index < -0.39 is 0 Å². The number of hydrogen-bond acceptors (Lipinski definition) is 2. The summed E-state index contributed by atoms with van der Waals surface area (Å²) in [5, 5.41) is 2.47. The predicted octanol–water partition coefficient (Wildman–Crippen LogP) is 4.40. The van der Waals surface area contributed by atoms with Crippen LogP contribution in [0.15, 0.2) is 49.0 Å². The van der Waals surface area contributed by atoms with Gasteiger partial charge in [0, 0.05) is 6.61 Å². The Hall–Kier alpha value is -1.64. The number of ether oxygens (including phenoxy) is 2. The van der Waals surface area contributed by atoms with Crippen LogP contribution in [0.5, 0.6) is 0 Å².